The van der Waals surface area contributed by atoms with E-state index < -0.39 is 16.7 Å². The third kappa shape index (κ3) is 18.2. The van der Waals surface area contributed by atoms with Gasteiger partial charge in [-0.1, -0.05) is 17.7 Å². The van der Waals surface area contributed by atoms with E-state index in [1.54, 1.807) is 57.6 Å². The average molecular weight is 336 g/mol. The third-order valence-corrected chi connectivity index (χ3v) is 2.31. The monoisotopic (exact) mass is 336 g/mol. The second kappa shape index (κ2) is 12.8. The summed E-state index contributed by atoms with van der Waals surface area (Å²) in [6.45, 7) is 7.92. The number of aliphatic imine (C=N–C) groups is 2. The van der Waals surface area contributed by atoms with Crippen molar-refractivity contribution in [1.82, 2.24) is 0 Å². The van der Waals surface area contributed by atoms with Gasteiger partial charge in [-0.25, -0.2) is 4.99 Å². The molecule has 1 aromatic carbocycles. The van der Waals surface area contributed by atoms with E-state index in [9.17, 15) is 8.76 Å². The van der Waals surface area contributed by atoms with E-state index >= 15 is 0 Å². The van der Waals surface area contributed by atoms with Gasteiger partial charge in [0.1, 0.15) is 6.34 Å². The van der Waals surface area contributed by atoms with Crippen LogP contribution in [0.1, 0.15) is 26.3 Å². The first-order valence-corrected chi connectivity index (χ1v) is 7.16. The van der Waals surface area contributed by atoms with Gasteiger partial charge in [-0.2, -0.15) is 0 Å². The zero-order chi connectivity index (χ0) is 15.6. The molecule has 0 amide bonds. The maximum absolute atomic E-state index is 10.3. The summed E-state index contributed by atoms with van der Waals surface area (Å²) in [4.78, 5) is 7.74. The van der Waals surface area contributed by atoms with Crippen molar-refractivity contribution in [2.75, 3.05) is 6.54 Å². The predicted octanol–water partition coefficient (Wildman–Crippen LogP) is -0.887. The first-order chi connectivity index (χ1) is 9.20. The summed E-state index contributed by atoms with van der Waals surface area (Å²) in [6, 6.07) is 6.70. The van der Waals surface area contributed by atoms with E-state index in [-0.39, 0.29) is 51.4 Å². The molecular weight excluding hydrogens is 315 g/mol. The van der Waals surface area contributed by atoms with E-state index in [1.165, 1.54) is 0 Å². The van der Waals surface area contributed by atoms with Crippen LogP contribution in [0.3, 0.4) is 0 Å². The second-order valence-corrected chi connectivity index (χ2v) is 5.97. The first kappa shape index (κ1) is 23.5. The van der Waals surface area contributed by atoms with E-state index in [1.807, 2.05) is 6.92 Å². The summed E-state index contributed by atoms with van der Waals surface area (Å²) in [5.74, 6) is 0. The van der Waals surface area contributed by atoms with Crippen LogP contribution in [0.15, 0.2) is 39.1 Å². The van der Waals surface area contributed by atoms with E-state index in [0.29, 0.717) is 4.90 Å². The maximum atomic E-state index is 10.3. The van der Waals surface area contributed by atoms with Crippen molar-refractivity contribution in [2.45, 2.75) is 38.2 Å². The Morgan fingerprint density at radius 1 is 1.24 bits per heavy atom. The Hall–Kier alpha value is 0.266. The Morgan fingerprint density at radius 2 is 1.71 bits per heavy atom. The summed E-state index contributed by atoms with van der Waals surface area (Å²) in [5.41, 5.74) is 0.564. The number of aryl methyl sites for hydroxylation is 1. The van der Waals surface area contributed by atoms with Gasteiger partial charge < -0.3 is 9.66 Å². The van der Waals surface area contributed by atoms with Gasteiger partial charge in [0.25, 0.3) is 0 Å². The van der Waals surface area contributed by atoms with Crippen LogP contribution in [-0.4, -0.2) is 38.6 Å². The molecule has 0 saturated carbocycles. The van der Waals surface area contributed by atoms with Crippen LogP contribution in [0, 0.1) is 6.92 Å². The summed E-state index contributed by atoms with van der Waals surface area (Å²) in [5, 5.41) is 8.52. The molecule has 0 bridgehead atoms. The van der Waals surface area contributed by atoms with E-state index in [0.717, 1.165) is 12.1 Å². The molecule has 7 heteroatoms. The number of benzene rings is 1. The number of aliphatic hydroxyl groups is 1. The molecule has 1 heterocycles. The van der Waals surface area contributed by atoms with Gasteiger partial charge in [0.2, 0.25) is 0 Å². The Balaban J connectivity index is 0. The zero-order valence-corrected chi connectivity index (χ0v) is 17.2. The van der Waals surface area contributed by atoms with Gasteiger partial charge in [0, 0.05) is 11.1 Å². The molecule has 21 heavy (non-hydrogen) atoms. The smallest absolute Gasteiger partial charge is 0.768 e. The van der Waals surface area contributed by atoms with Crippen molar-refractivity contribution in [1.29, 1.82) is 0 Å². The molecule has 0 aromatic heterocycles. The van der Waals surface area contributed by atoms with Crippen LogP contribution in [0.25, 0.3) is 0 Å². The molecule has 1 N–H and O–H groups in total. The molecule has 5 nitrogen and oxygen atoms in total. The molecule has 1 aliphatic heterocycles. The number of rotatable bonds is 1. The van der Waals surface area contributed by atoms with E-state index in [2.05, 4.69) is 9.98 Å². The average Bonchev–Trinajstić information content (AvgIpc) is 2.85. The summed E-state index contributed by atoms with van der Waals surface area (Å²) < 4.78 is 20.6. The molecule has 1 aliphatic rings. The van der Waals surface area contributed by atoms with Crippen LogP contribution in [0.5, 0.6) is 0 Å². The standard InChI is InChI=1S/C7H8O2S.C4H10O.C3H4N2.K/c1-6-2-4-7(5-3-6)10(8)9;1-4(2,3)5;1-2-5-3-4-1;/h2-5H,1H3,(H,8,9);5H,1-3H3;1,3H,2H2;/q;;;+1/p-1. The van der Waals surface area contributed by atoms with Crippen LogP contribution in [0.4, 0.5) is 0 Å². The molecular formula is C14H21KN2O3S. The fraction of sp³-hybridized carbons (Fsp3) is 0.429. The molecule has 2 rings (SSSR count). The Morgan fingerprint density at radius 3 is 1.95 bits per heavy atom. The fourth-order valence-electron chi connectivity index (χ4n) is 0.885. The van der Waals surface area contributed by atoms with Gasteiger partial charge in [-0.15, -0.1) is 0 Å². The summed E-state index contributed by atoms with van der Waals surface area (Å²) >= 11 is -2.09. The van der Waals surface area contributed by atoms with Crippen molar-refractivity contribution < 1.29 is 65.3 Å². The summed E-state index contributed by atoms with van der Waals surface area (Å²) in [6.07, 6.45) is 3.32. The van der Waals surface area contributed by atoms with Gasteiger partial charge in [0.05, 0.1) is 12.1 Å². The first-order valence-electron chi connectivity index (χ1n) is 6.08. The SMILES string of the molecule is C1=NC=NC1.CC(C)(C)O.Cc1ccc(S(=O)[O-])cc1.[K+]. The van der Waals surface area contributed by atoms with Crippen LogP contribution in [-0.2, 0) is 11.1 Å². The molecule has 0 aliphatic carbocycles. The van der Waals surface area contributed by atoms with Gasteiger partial charge in [-0.3, -0.25) is 9.20 Å². The van der Waals surface area contributed by atoms with Gasteiger partial charge >= 0.3 is 51.4 Å². The zero-order valence-electron chi connectivity index (χ0n) is 13.2. The van der Waals surface area contributed by atoms with Crippen molar-refractivity contribution in [3.8, 4) is 0 Å². The Bertz CT molecular complexity index is 452. The minimum atomic E-state index is -2.09. The Labute approximate surface area is 171 Å². The van der Waals surface area contributed by atoms with E-state index in [4.69, 9.17) is 5.11 Å². The number of nitrogens with zero attached hydrogens (tertiary/aromatic N) is 2. The van der Waals surface area contributed by atoms with Crippen LogP contribution in [0.2, 0.25) is 0 Å². The molecule has 0 spiro atoms. The molecule has 1 atom stereocenters. The number of hydrogen-bond donors (Lipinski definition) is 1. The molecule has 112 valence electrons. The van der Waals surface area contributed by atoms with Crippen molar-refractivity contribution >= 4 is 23.6 Å². The Kier molecular flexibility index (Phi) is 14.3. The minimum Gasteiger partial charge on any atom is -0.768 e. The van der Waals surface area contributed by atoms with Crippen molar-refractivity contribution in [2.24, 2.45) is 9.98 Å². The molecule has 1 unspecified atom stereocenters. The van der Waals surface area contributed by atoms with Crippen molar-refractivity contribution in [3.05, 3.63) is 29.8 Å². The molecule has 0 saturated heterocycles. The van der Waals surface area contributed by atoms with Crippen LogP contribution >= 0.6 is 0 Å². The quantitative estimate of drug-likeness (QED) is 0.533. The minimum absolute atomic E-state index is 0. The van der Waals surface area contributed by atoms with Gasteiger partial charge in [0.15, 0.2) is 0 Å². The molecule has 0 radical (unpaired) electrons. The maximum Gasteiger partial charge on any atom is 1.00 e. The second-order valence-electron chi connectivity index (χ2n) is 5.03. The number of hydrogen-bond acceptors (Lipinski definition) is 5. The fourth-order valence-corrected chi connectivity index (χ4v) is 1.24. The largest absolute Gasteiger partial charge is 1.00 e. The summed E-state index contributed by atoms with van der Waals surface area (Å²) in [7, 11) is 0. The van der Waals surface area contributed by atoms with Crippen molar-refractivity contribution in [3.63, 3.8) is 0 Å². The topological polar surface area (TPSA) is 85.1 Å². The van der Waals surface area contributed by atoms with Crippen LogP contribution < -0.4 is 51.4 Å². The third-order valence-electron chi connectivity index (χ3n) is 1.65. The van der Waals surface area contributed by atoms with Gasteiger partial charge in [-0.05, 0) is 50.9 Å². The molecule has 1 aromatic rings. The normalized spacial score (nSPS) is 13.2. The predicted molar refractivity (Wildman–Crippen MR) is 82.2 cm³/mol. The molecule has 0 fully saturated rings.